The fourth-order valence-electron chi connectivity index (χ4n) is 5.43. The van der Waals surface area contributed by atoms with E-state index in [1.165, 1.54) is 28.2 Å². The average molecular weight is 561 g/mol. The molecule has 0 saturated carbocycles. The minimum absolute atomic E-state index is 0.141. The Morgan fingerprint density at radius 3 is 2.54 bits per heavy atom. The van der Waals surface area contributed by atoms with Crippen molar-refractivity contribution < 1.29 is 9.47 Å². The van der Waals surface area contributed by atoms with Gasteiger partial charge in [0.25, 0.3) is 0 Å². The van der Waals surface area contributed by atoms with E-state index in [0.717, 1.165) is 17.8 Å². The van der Waals surface area contributed by atoms with Crippen LogP contribution in [0.15, 0.2) is 72.9 Å². The molecule has 202 valence electrons. The van der Waals surface area contributed by atoms with Gasteiger partial charge in [0.2, 0.25) is 0 Å². The summed E-state index contributed by atoms with van der Waals surface area (Å²) in [5.74, 6) is 0.614. The fourth-order valence-corrected chi connectivity index (χ4v) is 6.00. The topological polar surface area (TPSA) is 51.6 Å². The third kappa shape index (κ3) is 5.26. The number of pyridine rings is 1. The number of aromatic nitrogens is 2. The van der Waals surface area contributed by atoms with Gasteiger partial charge in [-0.05, 0) is 86.1 Å². The lowest BCUT2D eigenvalue weighted by atomic mass is 9.96. The summed E-state index contributed by atoms with van der Waals surface area (Å²) in [7, 11) is 1.64. The summed E-state index contributed by atoms with van der Waals surface area (Å²) in [5.41, 5.74) is 7.84. The average Bonchev–Trinajstić information content (AvgIpc) is 3.44. The Morgan fingerprint density at radius 2 is 1.82 bits per heavy atom. The second kappa shape index (κ2) is 11.8. The summed E-state index contributed by atoms with van der Waals surface area (Å²) in [6, 6.07) is 22.4. The number of nitrogens with one attached hydrogen (secondary N) is 1. The van der Waals surface area contributed by atoms with Gasteiger partial charge in [-0.2, -0.15) is 0 Å². The number of anilines is 1. The molecule has 1 aliphatic heterocycles. The predicted molar refractivity (Wildman–Crippen MR) is 161 cm³/mol. The van der Waals surface area contributed by atoms with Gasteiger partial charge < -0.3 is 24.3 Å². The molecule has 4 aromatic rings. The van der Waals surface area contributed by atoms with Gasteiger partial charge in [0.1, 0.15) is 12.4 Å². The molecule has 0 radical (unpaired) electrons. The first-order valence-electron chi connectivity index (χ1n) is 13.1. The fraction of sp³-hybridized carbons (Fsp3) is 0.290. The molecule has 1 saturated heterocycles. The largest absolute Gasteiger partial charge is 0.490 e. The lowest BCUT2D eigenvalue weighted by Gasteiger charge is -2.28. The molecule has 2 atom stereocenters. The van der Waals surface area contributed by atoms with Crippen LogP contribution in [0.3, 0.4) is 0 Å². The Morgan fingerprint density at radius 1 is 1.03 bits per heavy atom. The zero-order chi connectivity index (χ0) is 27.5. The van der Waals surface area contributed by atoms with Crippen LogP contribution < -0.4 is 15.0 Å². The van der Waals surface area contributed by atoms with E-state index in [4.69, 9.17) is 38.3 Å². The highest BCUT2D eigenvalue weighted by atomic mass is 35.5. The van der Waals surface area contributed by atoms with Crippen LogP contribution in [0.1, 0.15) is 47.2 Å². The van der Waals surface area contributed by atoms with Gasteiger partial charge in [-0.1, -0.05) is 42.8 Å². The second-order valence-corrected chi connectivity index (χ2v) is 10.4. The minimum Gasteiger partial charge on any atom is -0.490 e. The highest BCUT2D eigenvalue weighted by molar-refractivity contribution is 7.80. The summed E-state index contributed by atoms with van der Waals surface area (Å²) < 4.78 is 13.2. The van der Waals surface area contributed by atoms with Crippen molar-refractivity contribution in [1.29, 1.82) is 0 Å². The van der Waals surface area contributed by atoms with E-state index in [0.29, 0.717) is 29.1 Å². The maximum absolute atomic E-state index is 6.68. The van der Waals surface area contributed by atoms with E-state index >= 15 is 0 Å². The van der Waals surface area contributed by atoms with Crippen LogP contribution in [0, 0.1) is 13.8 Å². The van der Waals surface area contributed by atoms with Gasteiger partial charge in [0, 0.05) is 36.1 Å². The first kappa shape index (κ1) is 27.2. The van der Waals surface area contributed by atoms with Crippen LogP contribution in [-0.2, 0) is 11.2 Å². The van der Waals surface area contributed by atoms with E-state index in [1.807, 2.05) is 42.6 Å². The quantitative estimate of drug-likeness (QED) is 0.177. The molecule has 2 aromatic carbocycles. The number of aryl methyl sites for hydroxylation is 2. The van der Waals surface area contributed by atoms with Gasteiger partial charge in [-0.15, -0.1) is 0 Å². The highest BCUT2D eigenvalue weighted by Crippen LogP contribution is 2.45. The number of halogens is 1. The third-order valence-electron chi connectivity index (χ3n) is 7.24. The highest BCUT2D eigenvalue weighted by Gasteiger charge is 2.42. The molecule has 0 bridgehead atoms. The molecular weight excluding hydrogens is 528 g/mol. The SMILES string of the molecule is CCc1ccccc1-n1c(C)cc(C2C(c3ccccn3)NC(=S)N2c2ccc(OCCOC)c(Cl)c2)c1C. The number of hydrogen-bond donors (Lipinski definition) is 1. The molecule has 8 heteroatoms. The van der Waals surface area contributed by atoms with Crippen molar-refractivity contribution in [3.05, 3.63) is 106 Å². The smallest absolute Gasteiger partial charge is 0.174 e. The molecule has 2 unspecified atom stereocenters. The van der Waals surface area contributed by atoms with Crippen LogP contribution in [0.25, 0.3) is 5.69 Å². The standard InChI is InChI=1S/C31H33ClN4O2S/c1-5-22-10-6-7-12-27(22)35-20(2)18-24(21(35)3)30-29(26-11-8-9-15-33-26)34-31(39)36(30)23-13-14-28(25(32)19-23)38-17-16-37-4/h6-15,18-19,29-30H,5,16-17H2,1-4H3,(H,34,39). The molecule has 1 N–H and O–H groups in total. The normalized spacial score (nSPS) is 16.9. The summed E-state index contributed by atoms with van der Waals surface area (Å²) in [6.07, 6.45) is 2.78. The molecule has 6 nitrogen and oxygen atoms in total. The summed E-state index contributed by atoms with van der Waals surface area (Å²) >= 11 is 12.6. The number of hydrogen-bond acceptors (Lipinski definition) is 4. The summed E-state index contributed by atoms with van der Waals surface area (Å²) in [5, 5.41) is 4.70. The number of methoxy groups -OCH3 is 1. The van der Waals surface area contributed by atoms with Crippen molar-refractivity contribution in [2.75, 3.05) is 25.2 Å². The van der Waals surface area contributed by atoms with Crippen molar-refractivity contribution in [3.63, 3.8) is 0 Å². The molecule has 5 rings (SSSR count). The number of para-hydroxylation sites is 1. The van der Waals surface area contributed by atoms with Gasteiger partial charge >= 0.3 is 0 Å². The van der Waals surface area contributed by atoms with E-state index in [2.05, 4.69) is 65.9 Å². The van der Waals surface area contributed by atoms with Gasteiger partial charge in [-0.3, -0.25) is 4.98 Å². The maximum atomic E-state index is 6.68. The number of benzene rings is 2. The first-order valence-corrected chi connectivity index (χ1v) is 13.9. The monoisotopic (exact) mass is 560 g/mol. The molecule has 3 heterocycles. The second-order valence-electron chi connectivity index (χ2n) is 9.60. The van der Waals surface area contributed by atoms with E-state index in [-0.39, 0.29) is 12.1 Å². The molecular formula is C31H33ClN4O2S. The lowest BCUT2D eigenvalue weighted by molar-refractivity contribution is 0.146. The molecule has 39 heavy (non-hydrogen) atoms. The number of ether oxygens (including phenoxy) is 2. The number of thiocarbonyl (C=S) groups is 1. The van der Waals surface area contributed by atoms with Gasteiger partial charge in [0.05, 0.1) is 29.4 Å². The van der Waals surface area contributed by atoms with Crippen LogP contribution in [0.4, 0.5) is 5.69 Å². The lowest BCUT2D eigenvalue weighted by Crippen LogP contribution is -2.29. The van der Waals surface area contributed by atoms with Gasteiger partial charge in [0.15, 0.2) is 5.11 Å². The van der Waals surface area contributed by atoms with Crippen molar-refractivity contribution in [2.24, 2.45) is 0 Å². The third-order valence-corrected chi connectivity index (χ3v) is 7.85. The van der Waals surface area contributed by atoms with E-state index in [9.17, 15) is 0 Å². The molecule has 1 aliphatic rings. The Balaban J connectivity index is 1.62. The number of rotatable bonds is 9. The van der Waals surface area contributed by atoms with Crippen LogP contribution in [0.2, 0.25) is 5.02 Å². The zero-order valence-corrected chi connectivity index (χ0v) is 24.2. The molecule has 0 spiro atoms. The van der Waals surface area contributed by atoms with Crippen molar-refractivity contribution in [2.45, 2.75) is 39.3 Å². The Kier molecular flexibility index (Phi) is 8.21. The Bertz CT molecular complexity index is 1470. The Labute approximate surface area is 240 Å². The van der Waals surface area contributed by atoms with E-state index in [1.54, 1.807) is 7.11 Å². The van der Waals surface area contributed by atoms with Crippen LogP contribution >= 0.6 is 23.8 Å². The molecule has 1 fully saturated rings. The molecule has 0 aliphatic carbocycles. The maximum Gasteiger partial charge on any atom is 0.174 e. The van der Waals surface area contributed by atoms with Crippen LogP contribution in [0.5, 0.6) is 5.75 Å². The predicted octanol–water partition coefficient (Wildman–Crippen LogP) is 6.91. The van der Waals surface area contributed by atoms with Crippen LogP contribution in [-0.4, -0.2) is 35.0 Å². The molecule has 2 aromatic heterocycles. The van der Waals surface area contributed by atoms with Crippen molar-refractivity contribution >= 4 is 34.6 Å². The minimum atomic E-state index is -0.148. The van der Waals surface area contributed by atoms with Crippen molar-refractivity contribution in [1.82, 2.24) is 14.9 Å². The Hall–Kier alpha value is -3.39. The van der Waals surface area contributed by atoms with E-state index < -0.39 is 0 Å². The zero-order valence-electron chi connectivity index (χ0n) is 22.6. The summed E-state index contributed by atoms with van der Waals surface area (Å²) in [4.78, 5) is 6.85. The summed E-state index contributed by atoms with van der Waals surface area (Å²) in [6.45, 7) is 7.45. The first-order chi connectivity index (χ1) is 18.9. The van der Waals surface area contributed by atoms with Gasteiger partial charge in [-0.25, -0.2) is 0 Å². The van der Waals surface area contributed by atoms with Crippen molar-refractivity contribution in [3.8, 4) is 11.4 Å². The molecule has 0 amide bonds. The number of nitrogens with zero attached hydrogens (tertiary/aromatic N) is 3.